The van der Waals surface area contributed by atoms with E-state index in [2.05, 4.69) is 20.6 Å². The molecule has 0 unspecified atom stereocenters. The molecule has 168 valence electrons. The first-order valence-electron chi connectivity index (χ1n) is 10.3. The van der Waals surface area contributed by atoms with E-state index in [-0.39, 0.29) is 17.9 Å². The number of hydrazine groups is 1. The smallest absolute Gasteiger partial charge is 0.270 e. The molecule has 2 amide bonds. The number of fused-ring (bicyclic) bond motifs is 2. The first kappa shape index (κ1) is 22.4. The highest BCUT2D eigenvalue weighted by Crippen LogP contribution is 2.19. The average Bonchev–Trinajstić information content (AvgIpc) is 2.81. The first-order chi connectivity index (χ1) is 15.8. The summed E-state index contributed by atoms with van der Waals surface area (Å²) in [5.74, 6) is -1.01. The van der Waals surface area contributed by atoms with Gasteiger partial charge in [-0.3, -0.25) is 25.4 Å². The summed E-state index contributed by atoms with van der Waals surface area (Å²) in [5, 5.41) is 2.40. The van der Waals surface area contributed by atoms with E-state index in [1.54, 1.807) is 43.3 Å². The van der Waals surface area contributed by atoms with Crippen LogP contribution in [0.1, 0.15) is 22.5 Å². The van der Waals surface area contributed by atoms with Gasteiger partial charge in [-0.05, 0) is 42.0 Å². The molecular weight excluding hydrogens is 440 g/mol. The highest BCUT2D eigenvalue weighted by atomic mass is 32.2. The number of carbonyl (C=O) groups is 2. The molecule has 0 aliphatic carbocycles. The Labute approximate surface area is 191 Å². The molecule has 0 bridgehead atoms. The van der Waals surface area contributed by atoms with Crippen molar-refractivity contribution in [1.82, 2.24) is 20.6 Å². The summed E-state index contributed by atoms with van der Waals surface area (Å²) in [6.07, 6.45) is -0.150. The summed E-state index contributed by atoms with van der Waals surface area (Å²) in [7, 11) is -3.78. The van der Waals surface area contributed by atoms with Crippen LogP contribution >= 0.6 is 0 Å². The molecule has 0 aliphatic rings. The van der Waals surface area contributed by atoms with E-state index < -0.39 is 21.8 Å². The molecule has 0 saturated heterocycles. The zero-order valence-electron chi connectivity index (χ0n) is 17.8. The van der Waals surface area contributed by atoms with Gasteiger partial charge in [0.25, 0.3) is 5.91 Å². The molecule has 1 aromatic heterocycles. The van der Waals surface area contributed by atoms with Crippen LogP contribution in [0.25, 0.3) is 21.7 Å². The Balaban J connectivity index is 1.33. The van der Waals surface area contributed by atoms with Gasteiger partial charge in [0.05, 0.1) is 16.0 Å². The predicted molar refractivity (Wildman–Crippen MR) is 126 cm³/mol. The lowest BCUT2D eigenvalue weighted by Gasteiger charge is -2.11. The summed E-state index contributed by atoms with van der Waals surface area (Å²) in [4.78, 5) is 29.2. The summed E-state index contributed by atoms with van der Waals surface area (Å²) >= 11 is 0. The minimum Gasteiger partial charge on any atom is -0.273 e. The fraction of sp³-hybridized carbons (Fsp3) is 0.125. The summed E-state index contributed by atoms with van der Waals surface area (Å²) in [5.41, 5.74) is 6.43. The molecule has 0 saturated carbocycles. The van der Waals surface area contributed by atoms with Crippen molar-refractivity contribution in [1.29, 1.82) is 0 Å². The van der Waals surface area contributed by atoms with Crippen molar-refractivity contribution < 1.29 is 18.0 Å². The lowest BCUT2D eigenvalue weighted by molar-refractivity contribution is -0.121. The van der Waals surface area contributed by atoms with Gasteiger partial charge in [0, 0.05) is 24.0 Å². The van der Waals surface area contributed by atoms with Crippen molar-refractivity contribution in [3.8, 4) is 0 Å². The Morgan fingerprint density at radius 2 is 1.61 bits per heavy atom. The van der Waals surface area contributed by atoms with Crippen LogP contribution in [-0.2, 0) is 14.8 Å². The van der Waals surface area contributed by atoms with Gasteiger partial charge in [-0.25, -0.2) is 13.1 Å². The lowest BCUT2D eigenvalue weighted by atomic mass is 10.1. The van der Waals surface area contributed by atoms with Crippen molar-refractivity contribution in [3.05, 3.63) is 84.1 Å². The molecule has 4 aromatic rings. The van der Waals surface area contributed by atoms with E-state index in [0.29, 0.717) is 22.2 Å². The number of amides is 2. The van der Waals surface area contributed by atoms with Crippen LogP contribution in [0.5, 0.6) is 0 Å². The minimum atomic E-state index is -3.78. The number of carbonyl (C=O) groups excluding carboxylic acids is 2. The van der Waals surface area contributed by atoms with Crippen molar-refractivity contribution in [2.24, 2.45) is 0 Å². The number of hydrogen-bond acceptors (Lipinski definition) is 5. The third-order valence-corrected chi connectivity index (χ3v) is 6.54. The van der Waals surface area contributed by atoms with Crippen LogP contribution in [0.4, 0.5) is 0 Å². The van der Waals surface area contributed by atoms with Crippen LogP contribution in [0.15, 0.2) is 77.7 Å². The second-order valence-corrected chi connectivity index (χ2v) is 9.25. The Bertz CT molecular complexity index is 1470. The summed E-state index contributed by atoms with van der Waals surface area (Å²) in [6, 6.07) is 21.1. The van der Waals surface area contributed by atoms with Crippen LogP contribution in [0.2, 0.25) is 0 Å². The maximum atomic E-state index is 12.6. The standard InChI is InChI=1S/C24H22N4O4S/c1-16-14-21(20-8-4-5-9-22(20)26-16)24(30)28-27-23(29)12-13-25-33(31,32)19-11-10-17-6-2-3-7-18(17)15-19/h2-11,14-15,25H,12-13H2,1H3,(H,27,29)(H,28,30). The Hall–Kier alpha value is -3.82. The highest BCUT2D eigenvalue weighted by Gasteiger charge is 2.16. The molecule has 0 atom stereocenters. The van der Waals surface area contributed by atoms with E-state index in [1.165, 1.54) is 6.07 Å². The molecule has 8 nitrogen and oxygen atoms in total. The number of rotatable bonds is 6. The fourth-order valence-corrected chi connectivity index (χ4v) is 4.54. The molecule has 3 N–H and O–H groups in total. The quantitative estimate of drug-likeness (QED) is 0.381. The van der Waals surface area contributed by atoms with Crippen molar-refractivity contribution >= 4 is 43.5 Å². The minimum absolute atomic E-state index is 0.117. The van der Waals surface area contributed by atoms with Crippen LogP contribution in [0.3, 0.4) is 0 Å². The number of nitrogens with zero attached hydrogens (tertiary/aromatic N) is 1. The summed E-state index contributed by atoms with van der Waals surface area (Å²) in [6.45, 7) is 1.66. The molecule has 33 heavy (non-hydrogen) atoms. The van der Waals surface area contributed by atoms with Gasteiger partial charge in [-0.1, -0.05) is 48.5 Å². The van der Waals surface area contributed by atoms with E-state index >= 15 is 0 Å². The zero-order chi connectivity index (χ0) is 23.4. The van der Waals surface area contributed by atoms with Crippen LogP contribution in [-0.4, -0.2) is 31.8 Å². The van der Waals surface area contributed by atoms with E-state index in [1.807, 2.05) is 30.3 Å². The molecule has 9 heteroatoms. The fourth-order valence-electron chi connectivity index (χ4n) is 3.47. The molecule has 4 rings (SSSR count). The Morgan fingerprint density at radius 1 is 0.879 bits per heavy atom. The largest absolute Gasteiger partial charge is 0.273 e. The van der Waals surface area contributed by atoms with Gasteiger partial charge in [0.15, 0.2) is 0 Å². The number of hydrogen-bond donors (Lipinski definition) is 3. The monoisotopic (exact) mass is 462 g/mol. The van der Waals surface area contributed by atoms with Gasteiger partial charge in [0.1, 0.15) is 0 Å². The average molecular weight is 463 g/mol. The lowest BCUT2D eigenvalue weighted by Crippen LogP contribution is -2.42. The van der Waals surface area contributed by atoms with Crippen molar-refractivity contribution in [3.63, 3.8) is 0 Å². The molecular formula is C24H22N4O4S. The third kappa shape index (κ3) is 5.16. The normalized spacial score (nSPS) is 11.4. The van der Waals surface area contributed by atoms with Crippen molar-refractivity contribution in [2.75, 3.05) is 6.54 Å². The van der Waals surface area contributed by atoms with E-state index in [0.717, 1.165) is 10.8 Å². The number of sulfonamides is 1. The van der Waals surface area contributed by atoms with Gasteiger partial charge in [-0.2, -0.15) is 0 Å². The third-order valence-electron chi connectivity index (χ3n) is 5.08. The number of benzene rings is 3. The van der Waals surface area contributed by atoms with Gasteiger partial charge < -0.3 is 0 Å². The number of aromatic nitrogens is 1. The number of aryl methyl sites for hydroxylation is 1. The van der Waals surface area contributed by atoms with Crippen molar-refractivity contribution in [2.45, 2.75) is 18.2 Å². The summed E-state index contributed by atoms with van der Waals surface area (Å²) < 4.78 is 27.5. The van der Waals surface area contributed by atoms with Gasteiger partial charge in [-0.15, -0.1) is 0 Å². The Morgan fingerprint density at radius 3 is 2.42 bits per heavy atom. The predicted octanol–water partition coefficient (Wildman–Crippen LogP) is 2.83. The first-order valence-corrected chi connectivity index (χ1v) is 11.8. The second-order valence-electron chi connectivity index (χ2n) is 7.49. The second kappa shape index (κ2) is 9.35. The Kier molecular flexibility index (Phi) is 6.34. The molecule has 0 aliphatic heterocycles. The molecule has 0 fully saturated rings. The number of para-hydroxylation sites is 1. The van der Waals surface area contributed by atoms with Gasteiger partial charge >= 0.3 is 0 Å². The maximum absolute atomic E-state index is 12.6. The molecule has 0 spiro atoms. The van der Waals surface area contributed by atoms with Crippen LogP contribution in [0, 0.1) is 6.92 Å². The van der Waals surface area contributed by atoms with E-state index in [9.17, 15) is 18.0 Å². The molecule has 3 aromatic carbocycles. The SMILES string of the molecule is Cc1cc(C(=O)NNC(=O)CCNS(=O)(=O)c2ccc3ccccc3c2)c2ccccc2n1. The van der Waals surface area contributed by atoms with Crippen LogP contribution < -0.4 is 15.6 Å². The van der Waals surface area contributed by atoms with E-state index in [4.69, 9.17) is 0 Å². The number of pyridine rings is 1. The molecule has 1 heterocycles. The van der Waals surface area contributed by atoms with Gasteiger partial charge in [0.2, 0.25) is 15.9 Å². The number of nitrogens with one attached hydrogen (secondary N) is 3. The maximum Gasteiger partial charge on any atom is 0.270 e. The highest BCUT2D eigenvalue weighted by molar-refractivity contribution is 7.89. The zero-order valence-corrected chi connectivity index (χ0v) is 18.6. The molecule has 0 radical (unpaired) electrons. The topological polar surface area (TPSA) is 117 Å².